The van der Waals surface area contributed by atoms with Crippen LogP contribution in [0.25, 0.3) is 130 Å². The fraction of sp³-hybridized carbons (Fsp3) is 0.0286. The van der Waals surface area contributed by atoms with Crippen LogP contribution in [0.2, 0.25) is 0 Å². The van der Waals surface area contributed by atoms with Gasteiger partial charge in [0.05, 0.1) is 95.1 Å². The maximum absolute atomic E-state index is 12.1. The summed E-state index contributed by atoms with van der Waals surface area (Å²) in [6, 6.07) is 63.2. The van der Waals surface area contributed by atoms with Crippen molar-refractivity contribution in [2.24, 2.45) is 0 Å². The van der Waals surface area contributed by atoms with Crippen LogP contribution in [0.4, 0.5) is 22.7 Å². The van der Waals surface area contributed by atoms with E-state index in [0.29, 0.717) is 123 Å². The van der Waals surface area contributed by atoms with E-state index in [1.54, 1.807) is 72.8 Å². The Kier molecular flexibility index (Phi) is 12.1. The van der Waals surface area contributed by atoms with Crippen LogP contribution in [0, 0.1) is 96.8 Å². The van der Waals surface area contributed by atoms with Gasteiger partial charge < -0.3 is 9.13 Å². The number of nitriles is 5. The number of benzene rings is 9. The van der Waals surface area contributed by atoms with Gasteiger partial charge in [0, 0.05) is 44.1 Å². The molecule has 9 aromatic carbocycles. The number of hydrogen-bond donors (Lipinski definition) is 0. The number of hydrogen-bond acceptors (Lipinski definition) is 6. The second-order valence-electron chi connectivity index (χ2n) is 19.6. The summed E-state index contributed by atoms with van der Waals surface area (Å²) in [4.78, 5) is 19.6. The van der Waals surface area contributed by atoms with E-state index in [4.69, 9.17) is 31.3 Å². The number of rotatable bonds is 7. The van der Waals surface area contributed by atoms with Crippen LogP contribution in [-0.4, -0.2) is 14.1 Å². The number of aryl methyl sites for hydroxylation is 2. The zero-order chi connectivity index (χ0) is 56.9. The molecule has 0 aliphatic rings. The Balaban J connectivity index is 1.25. The van der Waals surface area contributed by atoms with E-state index in [1.807, 2.05) is 115 Å². The normalized spacial score (nSPS) is 10.7. The quantitative estimate of drug-likeness (QED) is 0.144. The van der Waals surface area contributed by atoms with Gasteiger partial charge in [-0.3, -0.25) is 4.98 Å². The Hall–Kier alpha value is -12.9. The summed E-state index contributed by atoms with van der Waals surface area (Å²) in [5.74, 6) is 0. The van der Waals surface area contributed by atoms with E-state index >= 15 is 0 Å². The summed E-state index contributed by atoms with van der Waals surface area (Å²) >= 11 is 0. The molecule has 0 saturated heterocycles. The number of pyridine rings is 1. The van der Waals surface area contributed by atoms with Crippen molar-refractivity contribution in [1.29, 1.82) is 26.3 Å². The molecule has 0 saturated carbocycles. The van der Waals surface area contributed by atoms with Gasteiger partial charge >= 0.3 is 0 Å². The largest absolute Gasteiger partial charge is 0.308 e. The lowest BCUT2D eigenvalue weighted by atomic mass is 9.96. The molecule has 0 amide bonds. The van der Waals surface area contributed by atoms with E-state index in [2.05, 4.69) is 54.3 Å². The van der Waals surface area contributed by atoms with Gasteiger partial charge in [-0.1, -0.05) is 91.0 Å². The third kappa shape index (κ3) is 8.21. The first kappa shape index (κ1) is 50.0. The van der Waals surface area contributed by atoms with Crippen LogP contribution in [0.15, 0.2) is 170 Å². The maximum atomic E-state index is 12.1. The van der Waals surface area contributed by atoms with Crippen molar-refractivity contribution < 1.29 is 0 Å². The average Bonchev–Trinajstić information content (AvgIpc) is 3.60. The van der Waals surface area contributed by atoms with Crippen molar-refractivity contribution in [2.75, 3.05) is 0 Å². The minimum Gasteiger partial charge on any atom is -0.308 e. The van der Waals surface area contributed by atoms with Crippen LogP contribution in [0.1, 0.15) is 39.2 Å². The molecule has 82 heavy (non-hydrogen) atoms. The topological polar surface area (TPSA) is 159 Å². The predicted octanol–water partition coefficient (Wildman–Crippen LogP) is 17.8. The Morgan fingerprint density at radius 2 is 0.744 bits per heavy atom. The molecule has 0 aliphatic heterocycles. The second kappa shape index (κ2) is 19.9. The summed E-state index contributed by atoms with van der Waals surface area (Å²) in [5.41, 5.74) is 14.8. The van der Waals surface area contributed by atoms with Gasteiger partial charge in [0.15, 0.2) is 22.7 Å². The maximum Gasteiger partial charge on any atom is 0.196 e. The highest BCUT2D eigenvalue weighted by Gasteiger charge is 2.25. The Bertz CT molecular complexity index is 4680. The van der Waals surface area contributed by atoms with Crippen molar-refractivity contribution in [2.45, 2.75) is 13.8 Å². The van der Waals surface area contributed by atoms with E-state index < -0.39 is 0 Å². The second-order valence-corrected chi connectivity index (χ2v) is 19.6. The molecule has 12 aromatic rings. The molecule has 3 aromatic heterocycles. The van der Waals surface area contributed by atoms with Crippen molar-refractivity contribution in [1.82, 2.24) is 14.1 Å². The first-order valence-corrected chi connectivity index (χ1v) is 25.4. The third-order valence-corrected chi connectivity index (χ3v) is 14.9. The highest BCUT2D eigenvalue weighted by Crippen LogP contribution is 2.46. The molecule has 0 aliphatic carbocycles. The van der Waals surface area contributed by atoms with E-state index in [0.717, 1.165) is 44.1 Å². The number of aromatic nitrogens is 3. The first-order chi connectivity index (χ1) is 40.0. The lowest BCUT2D eigenvalue weighted by Crippen LogP contribution is -2.06. The molecule has 12 rings (SSSR count). The lowest BCUT2D eigenvalue weighted by molar-refractivity contribution is 1.11. The van der Waals surface area contributed by atoms with Gasteiger partial charge in [-0.25, -0.2) is 19.4 Å². The first-order valence-electron chi connectivity index (χ1n) is 25.4. The Labute approximate surface area is 470 Å². The molecule has 0 N–H and O–H groups in total. The van der Waals surface area contributed by atoms with E-state index in [9.17, 15) is 26.3 Å². The van der Waals surface area contributed by atoms with Crippen molar-refractivity contribution in [3.8, 4) is 97.4 Å². The van der Waals surface area contributed by atoms with Crippen LogP contribution in [-0.2, 0) is 0 Å². The fourth-order valence-electron chi connectivity index (χ4n) is 11.2. The molecule has 0 fully saturated rings. The van der Waals surface area contributed by atoms with Crippen LogP contribution in [0.3, 0.4) is 0 Å². The smallest absolute Gasteiger partial charge is 0.196 e. The zero-order valence-corrected chi connectivity index (χ0v) is 43.5. The SMILES string of the molecule is [C-]#[N+]c1ccc(-c2ccc3c4ccc(-c5ccc(C#N)cc5C#N)cc4n(-c4cc(-c5cc(C)nc(C)c5)cc(-n5c6cc(-c7ccc(C#N)cc7[N+]#[C-])ccc6c6ccc(-c7ccc([N+]#[C-])cc7[N+]#[C-])cc65)c4C#N)c3c2)c(C#N)c1. The van der Waals surface area contributed by atoms with Gasteiger partial charge in [-0.2, -0.15) is 26.3 Å². The zero-order valence-electron chi connectivity index (χ0n) is 43.5. The van der Waals surface area contributed by atoms with Crippen LogP contribution >= 0.6 is 0 Å². The molecule has 3 heterocycles. The van der Waals surface area contributed by atoms with Gasteiger partial charge in [-0.05, 0) is 148 Å². The van der Waals surface area contributed by atoms with E-state index in [1.165, 1.54) is 0 Å². The summed E-state index contributed by atoms with van der Waals surface area (Å²) in [6.07, 6.45) is 0. The van der Waals surface area contributed by atoms with Gasteiger partial charge in [0.2, 0.25) is 0 Å². The van der Waals surface area contributed by atoms with Crippen LogP contribution < -0.4 is 0 Å². The number of nitrogens with zero attached hydrogens (tertiary/aromatic N) is 12. The highest BCUT2D eigenvalue weighted by molar-refractivity contribution is 6.14. The monoisotopic (exact) mass is 1040 g/mol. The van der Waals surface area contributed by atoms with Gasteiger partial charge in [0.1, 0.15) is 11.6 Å². The third-order valence-electron chi connectivity index (χ3n) is 14.9. The summed E-state index contributed by atoms with van der Waals surface area (Å²) in [5, 5.41) is 55.9. The van der Waals surface area contributed by atoms with Crippen LogP contribution in [0.5, 0.6) is 0 Å². The molecule has 0 bridgehead atoms. The van der Waals surface area contributed by atoms with Crippen molar-refractivity contribution in [3.05, 3.63) is 255 Å². The molecule has 0 radical (unpaired) electrons. The minimum atomic E-state index is 0.258. The molecule has 0 unspecified atom stereocenters. The van der Waals surface area contributed by atoms with Crippen molar-refractivity contribution >= 4 is 66.4 Å². The molecular weight excluding hydrogens is 1010 g/mol. The Morgan fingerprint density at radius 3 is 1.18 bits per heavy atom. The molecule has 374 valence electrons. The summed E-state index contributed by atoms with van der Waals surface area (Å²) in [7, 11) is 0. The molecule has 0 spiro atoms. The lowest BCUT2D eigenvalue weighted by Gasteiger charge is -2.19. The number of fused-ring (bicyclic) bond motifs is 6. The highest BCUT2D eigenvalue weighted by atomic mass is 15.0. The molecule has 0 atom stereocenters. The summed E-state index contributed by atoms with van der Waals surface area (Å²) < 4.78 is 4.10. The average molecular weight is 1040 g/mol. The molecular formula is C70H34N12. The standard InChI is InChI=1S/C70H34N12/c1-40-23-48(24-41(2)80-40)49-32-69(81-65-28-44(54-15-7-42(35-71)25-50(54)37-73)9-17-58(65)59-18-10-45(29-66(59)81)55-21-13-52(76-3)27-51(55)38-74)62(39-75)70(33-49)82-67-30-46(56-16-8-43(36-72)26-63(56)78-5)11-19-60(67)61-20-12-47(31-68(61)82)57-22-14-53(77-4)34-64(57)79-6/h7-34H,1-2H3. The van der Waals surface area contributed by atoms with Gasteiger partial charge in [-0.15, -0.1) is 0 Å². The predicted molar refractivity (Wildman–Crippen MR) is 318 cm³/mol. The van der Waals surface area contributed by atoms with Gasteiger partial charge in [0.25, 0.3) is 0 Å². The Morgan fingerprint density at radius 1 is 0.354 bits per heavy atom. The minimum absolute atomic E-state index is 0.258. The summed E-state index contributed by atoms with van der Waals surface area (Å²) in [6.45, 7) is 35.6. The molecule has 12 heteroatoms. The molecule has 12 nitrogen and oxygen atoms in total. The van der Waals surface area contributed by atoms with E-state index in [-0.39, 0.29) is 5.56 Å². The van der Waals surface area contributed by atoms with Crippen molar-refractivity contribution in [3.63, 3.8) is 0 Å². The fourth-order valence-corrected chi connectivity index (χ4v) is 11.2.